The zero-order valence-electron chi connectivity index (χ0n) is 23.5. The molecule has 3 aromatic carbocycles. The van der Waals surface area contributed by atoms with Crippen molar-refractivity contribution in [2.75, 3.05) is 6.61 Å². The summed E-state index contributed by atoms with van der Waals surface area (Å²) in [6, 6.07) is 31.7. The summed E-state index contributed by atoms with van der Waals surface area (Å²) in [6.07, 6.45) is 5.05. The first kappa shape index (κ1) is 32.6. The van der Waals surface area contributed by atoms with Crippen LogP contribution in [0.25, 0.3) is 0 Å². The summed E-state index contributed by atoms with van der Waals surface area (Å²) >= 11 is 7.11. The number of benzene rings is 3. The van der Waals surface area contributed by atoms with Gasteiger partial charge in [0.25, 0.3) is 0 Å². The Hall–Kier alpha value is -2.94. The highest BCUT2D eigenvalue weighted by molar-refractivity contribution is 8.22. The average molecular weight is 611 g/mol. The van der Waals surface area contributed by atoms with Crippen molar-refractivity contribution in [3.8, 4) is 0 Å². The molecule has 4 aromatic rings. The fourth-order valence-corrected chi connectivity index (χ4v) is 6.39. The van der Waals surface area contributed by atoms with Crippen molar-refractivity contribution in [3.63, 3.8) is 0 Å². The van der Waals surface area contributed by atoms with Crippen LogP contribution >= 0.6 is 32.2 Å². The largest absolute Gasteiger partial charge is 0.692 e. The summed E-state index contributed by atoms with van der Waals surface area (Å²) in [6.45, 7) is 7.01. The van der Waals surface area contributed by atoms with E-state index in [-0.39, 0.29) is 5.25 Å². The van der Waals surface area contributed by atoms with E-state index < -0.39 is 13.8 Å². The highest BCUT2D eigenvalue weighted by Crippen LogP contribution is 2.42. The number of nitrogens with zero attached hydrogens (tertiary/aromatic N) is 3. The number of ether oxygens (including phenoxy) is 1. The first-order chi connectivity index (χ1) is 19.9. The fourth-order valence-electron chi connectivity index (χ4n) is 4.92. The normalized spacial score (nSPS) is 11.9. The van der Waals surface area contributed by atoms with Crippen molar-refractivity contribution >= 4 is 36.6 Å². The van der Waals surface area contributed by atoms with E-state index in [9.17, 15) is 0 Å². The maximum Gasteiger partial charge on any atom is 0.692 e. The molecule has 1 atom stereocenters. The van der Waals surface area contributed by atoms with E-state index >= 15 is 0 Å². The molecule has 2 N–H and O–H groups in total. The number of thiocarbonyl (C=S) groups is 1. The molecule has 0 spiro atoms. The molecule has 1 unspecified atom stereocenters. The lowest BCUT2D eigenvalue weighted by atomic mass is 9.77. The topological polar surface area (TPSA) is 97.5 Å². The first-order valence-electron chi connectivity index (χ1n) is 13.6. The third kappa shape index (κ3) is 8.53. The number of rotatable bonds is 11. The smallest absolute Gasteiger partial charge is 0.479 e. The van der Waals surface area contributed by atoms with Gasteiger partial charge in [-0.15, -0.1) is 9.79 Å². The molecule has 0 aliphatic rings. The Kier molecular flexibility index (Phi) is 13.1. The van der Waals surface area contributed by atoms with Crippen molar-refractivity contribution < 1.29 is 19.1 Å². The van der Waals surface area contributed by atoms with Crippen molar-refractivity contribution in [1.82, 2.24) is 14.8 Å². The van der Waals surface area contributed by atoms with Crippen LogP contribution in [0.3, 0.4) is 0 Å². The molecule has 41 heavy (non-hydrogen) atoms. The van der Waals surface area contributed by atoms with Gasteiger partial charge in [0.05, 0.1) is 11.9 Å². The molecule has 0 fully saturated rings. The molecule has 0 radical (unpaired) electrons. The average Bonchev–Trinajstić information content (AvgIpc) is 3.48. The third-order valence-electron chi connectivity index (χ3n) is 6.92. The van der Waals surface area contributed by atoms with E-state index in [0.29, 0.717) is 16.9 Å². The summed E-state index contributed by atoms with van der Waals surface area (Å²) in [5.41, 5.74) is 2.69. The van der Waals surface area contributed by atoms with Gasteiger partial charge in [-0.3, -0.25) is 0 Å². The molecule has 0 amide bonds. The van der Waals surface area contributed by atoms with Crippen molar-refractivity contribution in [2.24, 2.45) is 5.92 Å². The number of hydrogen-bond acceptors (Lipinski definition) is 6. The van der Waals surface area contributed by atoms with Gasteiger partial charge < -0.3 is 4.74 Å². The molecule has 0 aliphatic heterocycles. The zero-order valence-corrected chi connectivity index (χ0v) is 26.1. The Morgan fingerprint density at radius 2 is 1.34 bits per heavy atom. The minimum absolute atomic E-state index is 0.0187. The van der Waals surface area contributed by atoms with Crippen molar-refractivity contribution in [2.45, 2.75) is 50.8 Å². The second-order valence-electron chi connectivity index (χ2n) is 9.32. The van der Waals surface area contributed by atoms with Crippen LogP contribution in [-0.4, -0.2) is 35.5 Å². The van der Waals surface area contributed by atoms with Gasteiger partial charge in [0, 0.05) is 4.57 Å². The van der Waals surface area contributed by atoms with Crippen LogP contribution in [0.15, 0.2) is 97.3 Å². The molecule has 0 aliphatic carbocycles. The van der Waals surface area contributed by atoms with E-state index in [1.807, 2.05) is 36.1 Å². The Balaban J connectivity index is 0.00000108. The van der Waals surface area contributed by atoms with Gasteiger partial charge in [0.2, 0.25) is 4.38 Å². The predicted molar refractivity (Wildman–Crippen MR) is 170 cm³/mol. The van der Waals surface area contributed by atoms with Crippen LogP contribution in [0, 0.1) is 5.92 Å². The predicted octanol–water partition coefficient (Wildman–Crippen LogP) is 7.67. The Labute approximate surface area is 253 Å². The van der Waals surface area contributed by atoms with Gasteiger partial charge in [-0.05, 0) is 48.2 Å². The van der Waals surface area contributed by atoms with Crippen molar-refractivity contribution in [3.05, 3.63) is 120 Å². The zero-order chi connectivity index (χ0) is 29.7. The van der Waals surface area contributed by atoms with E-state index in [1.165, 1.54) is 0 Å². The maximum absolute atomic E-state index is 8.70. The molecular weight excluding hydrogens is 573 g/mol. The fraction of sp³-hybridized carbons (Fsp3) is 0.323. The van der Waals surface area contributed by atoms with Gasteiger partial charge in [-0.1, -0.05) is 129 Å². The van der Waals surface area contributed by atoms with Crippen LogP contribution in [0.2, 0.25) is 0 Å². The minimum atomic E-state index is -2.87. The Morgan fingerprint density at radius 1 is 0.902 bits per heavy atom. The molecule has 10 heteroatoms. The lowest BCUT2D eigenvalue weighted by molar-refractivity contribution is 0.345. The van der Waals surface area contributed by atoms with Crippen LogP contribution in [0.4, 0.5) is 0 Å². The molecule has 1 heterocycles. The summed E-state index contributed by atoms with van der Waals surface area (Å²) in [5, 5.41) is 5.24. The summed E-state index contributed by atoms with van der Waals surface area (Å²) in [4.78, 5) is 19.2. The highest BCUT2D eigenvalue weighted by atomic mass is 32.2. The van der Waals surface area contributed by atoms with E-state index in [2.05, 4.69) is 86.6 Å². The van der Waals surface area contributed by atoms with Gasteiger partial charge in [0.1, 0.15) is 11.9 Å². The third-order valence-corrected chi connectivity index (χ3v) is 8.32. The highest BCUT2D eigenvalue weighted by Gasteiger charge is 2.40. The molecule has 0 saturated heterocycles. The summed E-state index contributed by atoms with van der Waals surface area (Å²) in [5.74, 6) is 1.35. The minimum Gasteiger partial charge on any atom is -0.479 e. The maximum atomic E-state index is 8.70. The monoisotopic (exact) mass is 610 g/mol. The SMILES string of the molecule is CCOC(=S)SC(CC(CC)CC)c1ncn(C(c2ccccc2)(c2ccccc2)c2ccccc2)n1.O=[P+](O)O. The van der Waals surface area contributed by atoms with E-state index in [1.54, 1.807) is 11.8 Å². The molecule has 0 bridgehead atoms. The molecular formula is C31H37N3O4PS2+. The summed E-state index contributed by atoms with van der Waals surface area (Å²) in [7, 11) is -2.87. The standard InChI is InChI=1S/C31H35N3OS2.HO3P/c1-4-24(5-2)22-28(37-30(36)35-6-3)29-32-23-34(33-29)31(25-16-10-7-11-17-25,26-18-12-8-13-19-26)27-20-14-9-15-21-27;1-4(2)3/h7-21,23-24,28H,4-6,22H2,1-3H3;(H-,1,2,3)/p+1. The van der Waals surface area contributed by atoms with Gasteiger partial charge in [-0.25, -0.2) is 9.67 Å². The van der Waals surface area contributed by atoms with E-state index in [4.69, 9.17) is 41.4 Å². The molecule has 7 nitrogen and oxygen atoms in total. The lowest BCUT2D eigenvalue weighted by Gasteiger charge is -2.36. The molecule has 4 rings (SSSR count). The quantitative estimate of drug-likeness (QED) is 0.101. The van der Waals surface area contributed by atoms with Crippen LogP contribution in [0.1, 0.15) is 67.8 Å². The van der Waals surface area contributed by atoms with Gasteiger partial charge >= 0.3 is 8.25 Å². The molecule has 216 valence electrons. The van der Waals surface area contributed by atoms with Crippen LogP contribution in [-0.2, 0) is 14.8 Å². The van der Waals surface area contributed by atoms with Gasteiger partial charge in [-0.2, -0.15) is 5.10 Å². The summed E-state index contributed by atoms with van der Waals surface area (Å²) < 4.78 is 16.9. The Bertz CT molecular complexity index is 1250. The lowest BCUT2D eigenvalue weighted by Crippen LogP contribution is -2.38. The van der Waals surface area contributed by atoms with E-state index in [0.717, 1.165) is 41.8 Å². The second kappa shape index (κ2) is 16.5. The van der Waals surface area contributed by atoms with Crippen LogP contribution in [0.5, 0.6) is 0 Å². The number of thioether (sulfide) groups is 1. The molecule has 1 aromatic heterocycles. The first-order valence-corrected chi connectivity index (χ1v) is 16.1. The number of hydrogen-bond donors (Lipinski definition) is 2. The Morgan fingerprint density at radius 3 is 1.73 bits per heavy atom. The van der Waals surface area contributed by atoms with Crippen molar-refractivity contribution in [1.29, 1.82) is 0 Å². The second-order valence-corrected chi connectivity index (χ2v) is 11.6. The molecule has 0 saturated carbocycles. The van der Waals surface area contributed by atoms with Gasteiger partial charge in [0.15, 0.2) is 5.82 Å². The number of aromatic nitrogens is 3. The van der Waals surface area contributed by atoms with Crippen LogP contribution < -0.4 is 0 Å².